The van der Waals surface area contributed by atoms with Gasteiger partial charge in [-0.2, -0.15) is 0 Å². The molecular formula is C17H23Cl2N3O4. The third-order valence-electron chi connectivity index (χ3n) is 4.61. The largest absolute Gasteiger partial charge is 0.491 e. The highest BCUT2D eigenvalue weighted by atomic mass is 35.5. The third kappa shape index (κ3) is 4.23. The smallest absolute Gasteiger partial charge is 0.257 e. The highest BCUT2D eigenvalue weighted by molar-refractivity contribution is 6.31. The first kappa shape index (κ1) is 20.8. The molecule has 1 aromatic carbocycles. The second kappa shape index (κ2) is 8.90. The van der Waals surface area contributed by atoms with Gasteiger partial charge in [0.15, 0.2) is 0 Å². The zero-order valence-corrected chi connectivity index (χ0v) is 16.1. The average Bonchev–Trinajstić information content (AvgIpc) is 2.98. The lowest BCUT2D eigenvalue weighted by molar-refractivity contribution is -0.131. The molecule has 2 fully saturated rings. The Morgan fingerprint density at radius 3 is 2.92 bits per heavy atom. The van der Waals surface area contributed by atoms with Crippen molar-refractivity contribution in [2.45, 2.75) is 18.6 Å². The number of hydrogen-bond donors (Lipinski definition) is 1. The number of nitrogens with zero attached hydrogens (tertiary/aromatic N) is 2. The van der Waals surface area contributed by atoms with Gasteiger partial charge in [-0.05, 0) is 18.2 Å². The number of halogens is 2. The standard InChI is InChI=1S/C17H22ClN3O4.ClH/c1-20-13-9-21(10-15(13)24-6-4-16(20)22)17(23)12-8-11(18)2-3-14(12)25-7-5-19;/h2-3,8,13,15H,4-7,9-10,19H2,1H3;1H/t13-,15-;/m0./s1. The summed E-state index contributed by atoms with van der Waals surface area (Å²) in [5, 5.41) is 0.459. The van der Waals surface area contributed by atoms with Crippen LogP contribution in [-0.2, 0) is 9.53 Å². The quantitative estimate of drug-likeness (QED) is 0.815. The van der Waals surface area contributed by atoms with E-state index in [0.717, 1.165) is 0 Å². The molecule has 2 N–H and O–H groups in total. The molecular weight excluding hydrogens is 381 g/mol. The van der Waals surface area contributed by atoms with Crippen molar-refractivity contribution >= 4 is 35.8 Å². The molecule has 0 radical (unpaired) electrons. The number of rotatable bonds is 4. The van der Waals surface area contributed by atoms with Crippen LogP contribution in [0.1, 0.15) is 16.8 Å². The molecule has 1 aromatic rings. The number of likely N-dealkylation sites (N-methyl/N-ethyl adjacent to an activating group) is 1. The number of carbonyl (C=O) groups is 2. The fourth-order valence-corrected chi connectivity index (χ4v) is 3.42. The van der Waals surface area contributed by atoms with Gasteiger partial charge in [-0.3, -0.25) is 9.59 Å². The number of carbonyl (C=O) groups excluding carboxylic acids is 2. The Morgan fingerprint density at radius 2 is 2.19 bits per heavy atom. The molecule has 0 aliphatic carbocycles. The SMILES string of the molecule is CN1C(=O)CCO[C@H]2CN(C(=O)c3cc(Cl)ccc3OCCN)C[C@@H]21.Cl. The molecule has 2 aliphatic heterocycles. The normalized spacial score (nSPS) is 22.5. The minimum atomic E-state index is -0.188. The van der Waals surface area contributed by atoms with Crippen molar-refractivity contribution in [1.82, 2.24) is 9.80 Å². The number of benzene rings is 1. The lowest BCUT2D eigenvalue weighted by Gasteiger charge is -2.25. The zero-order chi connectivity index (χ0) is 18.0. The molecule has 2 amide bonds. The van der Waals surface area contributed by atoms with Crippen LogP contribution in [-0.4, -0.2) is 73.7 Å². The van der Waals surface area contributed by atoms with Gasteiger partial charge in [0.1, 0.15) is 12.4 Å². The summed E-state index contributed by atoms with van der Waals surface area (Å²) in [7, 11) is 1.76. The lowest BCUT2D eigenvalue weighted by atomic mass is 10.1. The van der Waals surface area contributed by atoms with E-state index >= 15 is 0 Å². The molecule has 3 rings (SSSR count). The highest BCUT2D eigenvalue weighted by Crippen LogP contribution is 2.28. The molecule has 2 atom stereocenters. The zero-order valence-electron chi connectivity index (χ0n) is 14.5. The summed E-state index contributed by atoms with van der Waals surface area (Å²) in [6.45, 7) is 1.91. The van der Waals surface area contributed by atoms with E-state index in [2.05, 4.69) is 0 Å². The molecule has 0 aromatic heterocycles. The van der Waals surface area contributed by atoms with E-state index in [0.29, 0.717) is 55.6 Å². The molecule has 0 saturated carbocycles. The van der Waals surface area contributed by atoms with Gasteiger partial charge >= 0.3 is 0 Å². The Balaban J connectivity index is 0.00000243. The molecule has 2 saturated heterocycles. The van der Waals surface area contributed by atoms with Crippen molar-refractivity contribution in [3.8, 4) is 5.75 Å². The van der Waals surface area contributed by atoms with Gasteiger partial charge in [0.25, 0.3) is 5.91 Å². The maximum absolute atomic E-state index is 13.0. The number of likely N-dealkylation sites (tertiary alicyclic amines) is 1. The van der Waals surface area contributed by atoms with Gasteiger partial charge in [-0.25, -0.2) is 0 Å². The Labute approximate surface area is 163 Å². The summed E-state index contributed by atoms with van der Waals surface area (Å²) in [5.74, 6) is 0.306. The van der Waals surface area contributed by atoms with Crippen molar-refractivity contribution in [2.75, 3.05) is 39.9 Å². The molecule has 0 unspecified atom stereocenters. The van der Waals surface area contributed by atoms with Crippen LogP contribution in [0.15, 0.2) is 18.2 Å². The molecule has 144 valence electrons. The van der Waals surface area contributed by atoms with Crippen LogP contribution in [0, 0.1) is 0 Å². The summed E-state index contributed by atoms with van der Waals surface area (Å²) in [6, 6.07) is 4.81. The van der Waals surface area contributed by atoms with Gasteiger partial charge < -0.3 is 25.0 Å². The average molecular weight is 404 g/mol. The Kier molecular flexibility index (Phi) is 7.11. The third-order valence-corrected chi connectivity index (χ3v) is 4.85. The molecule has 7 nitrogen and oxygen atoms in total. The van der Waals surface area contributed by atoms with Crippen molar-refractivity contribution in [1.29, 1.82) is 0 Å². The molecule has 2 heterocycles. The van der Waals surface area contributed by atoms with Gasteiger partial charge in [-0.15, -0.1) is 12.4 Å². The van der Waals surface area contributed by atoms with Crippen molar-refractivity contribution in [2.24, 2.45) is 5.73 Å². The van der Waals surface area contributed by atoms with Gasteiger partial charge in [0.2, 0.25) is 5.91 Å². The Bertz CT molecular complexity index is 673. The van der Waals surface area contributed by atoms with E-state index in [9.17, 15) is 9.59 Å². The van der Waals surface area contributed by atoms with Crippen molar-refractivity contribution in [3.63, 3.8) is 0 Å². The maximum Gasteiger partial charge on any atom is 0.257 e. The topological polar surface area (TPSA) is 85.1 Å². The summed E-state index contributed by atoms with van der Waals surface area (Å²) in [6.07, 6.45) is 0.205. The number of nitrogens with two attached hydrogens (primary N) is 1. The fraction of sp³-hybridized carbons (Fsp3) is 0.529. The van der Waals surface area contributed by atoms with Gasteiger partial charge in [-0.1, -0.05) is 11.6 Å². The van der Waals surface area contributed by atoms with E-state index in [4.69, 9.17) is 26.8 Å². The first-order valence-corrected chi connectivity index (χ1v) is 8.68. The Morgan fingerprint density at radius 1 is 1.42 bits per heavy atom. The van der Waals surface area contributed by atoms with Gasteiger partial charge in [0.05, 0.1) is 30.7 Å². The van der Waals surface area contributed by atoms with Gasteiger partial charge in [0, 0.05) is 31.7 Å². The molecule has 0 spiro atoms. The number of ether oxygens (including phenoxy) is 2. The summed E-state index contributed by atoms with van der Waals surface area (Å²) in [4.78, 5) is 28.4. The second-order valence-electron chi connectivity index (χ2n) is 6.22. The first-order chi connectivity index (χ1) is 12.0. The predicted octanol–water partition coefficient (Wildman–Crippen LogP) is 1.17. The van der Waals surface area contributed by atoms with E-state index in [1.165, 1.54) is 0 Å². The number of amides is 2. The van der Waals surface area contributed by atoms with Crippen LogP contribution < -0.4 is 10.5 Å². The van der Waals surface area contributed by atoms with Crippen LogP contribution in [0.4, 0.5) is 0 Å². The van der Waals surface area contributed by atoms with Crippen LogP contribution in [0.2, 0.25) is 5.02 Å². The molecule has 26 heavy (non-hydrogen) atoms. The Hall–Kier alpha value is -1.54. The lowest BCUT2D eigenvalue weighted by Crippen LogP contribution is -2.43. The molecule has 2 aliphatic rings. The van der Waals surface area contributed by atoms with Crippen molar-refractivity contribution < 1.29 is 19.1 Å². The van der Waals surface area contributed by atoms with E-state index in [1.807, 2.05) is 0 Å². The summed E-state index contributed by atoms with van der Waals surface area (Å²) in [5.41, 5.74) is 5.87. The van der Waals surface area contributed by atoms with Crippen LogP contribution in [0.5, 0.6) is 5.75 Å². The van der Waals surface area contributed by atoms with Crippen molar-refractivity contribution in [3.05, 3.63) is 28.8 Å². The predicted molar refractivity (Wildman–Crippen MR) is 100 cm³/mol. The maximum atomic E-state index is 13.0. The number of hydrogen-bond acceptors (Lipinski definition) is 5. The van der Waals surface area contributed by atoms with Crippen LogP contribution in [0.25, 0.3) is 0 Å². The minimum Gasteiger partial charge on any atom is -0.491 e. The van der Waals surface area contributed by atoms with E-state index < -0.39 is 0 Å². The molecule has 9 heteroatoms. The van der Waals surface area contributed by atoms with Crippen LogP contribution >= 0.6 is 24.0 Å². The van der Waals surface area contributed by atoms with Crippen LogP contribution in [0.3, 0.4) is 0 Å². The summed E-state index contributed by atoms with van der Waals surface area (Å²) >= 11 is 6.06. The fourth-order valence-electron chi connectivity index (χ4n) is 3.25. The first-order valence-electron chi connectivity index (χ1n) is 8.30. The summed E-state index contributed by atoms with van der Waals surface area (Å²) < 4.78 is 11.3. The minimum absolute atomic E-state index is 0. The molecule has 0 bridgehead atoms. The van der Waals surface area contributed by atoms with E-state index in [1.54, 1.807) is 35.0 Å². The highest BCUT2D eigenvalue weighted by Gasteiger charge is 2.42. The second-order valence-corrected chi connectivity index (χ2v) is 6.66. The van der Waals surface area contributed by atoms with E-state index in [-0.39, 0.29) is 36.4 Å². The monoisotopic (exact) mass is 403 g/mol. The number of fused-ring (bicyclic) bond motifs is 1.